The Morgan fingerprint density at radius 1 is 1.29 bits per heavy atom. The zero-order valence-corrected chi connectivity index (χ0v) is 20.6. The second-order valence-corrected chi connectivity index (χ2v) is 11.5. The van der Waals surface area contributed by atoms with Gasteiger partial charge in [0.25, 0.3) is 0 Å². The van der Waals surface area contributed by atoms with Crippen LogP contribution in [0, 0.1) is 35.5 Å². The summed E-state index contributed by atoms with van der Waals surface area (Å²) in [7, 11) is -0.498. The van der Waals surface area contributed by atoms with Crippen molar-refractivity contribution in [3.63, 3.8) is 0 Å². The van der Waals surface area contributed by atoms with Crippen LogP contribution in [-0.2, 0) is 20.5 Å². The van der Waals surface area contributed by atoms with Gasteiger partial charge in [0.1, 0.15) is 6.61 Å². The molecule has 0 radical (unpaired) electrons. The number of benzene rings is 1. The van der Waals surface area contributed by atoms with E-state index in [1.54, 1.807) is 0 Å². The molecule has 0 unspecified atom stereocenters. The second kappa shape index (κ2) is 9.22. The van der Waals surface area contributed by atoms with Gasteiger partial charge in [-0.1, -0.05) is 44.2 Å². The Morgan fingerprint density at radius 2 is 2.09 bits per heavy atom. The van der Waals surface area contributed by atoms with Crippen molar-refractivity contribution in [3.8, 4) is 12.3 Å². The lowest BCUT2D eigenvalue weighted by atomic mass is 9.43. The summed E-state index contributed by atoms with van der Waals surface area (Å²) in [5.74, 6) is 4.00. The smallest absolute Gasteiger partial charge is 0.448 e. The fourth-order valence-corrected chi connectivity index (χ4v) is 6.88. The summed E-state index contributed by atoms with van der Waals surface area (Å²) in [5.41, 5.74) is 1.08. The third kappa shape index (κ3) is 4.37. The van der Waals surface area contributed by atoms with E-state index in [0.717, 1.165) is 31.4 Å². The molecule has 6 rings (SSSR count). The number of carbonyl (C=O) groups excluding carboxylic acids is 1. The van der Waals surface area contributed by atoms with Gasteiger partial charge in [-0.2, -0.15) is 0 Å². The molecule has 2 heterocycles. The first-order chi connectivity index (χ1) is 16.3. The lowest BCUT2D eigenvalue weighted by molar-refractivity contribution is -0.199. The Morgan fingerprint density at radius 3 is 2.82 bits per heavy atom. The largest absolute Gasteiger partial charge is 0.482 e. The van der Waals surface area contributed by atoms with E-state index in [9.17, 15) is 4.79 Å². The summed E-state index contributed by atoms with van der Waals surface area (Å²) in [6, 6.07) is 10.3. The quantitative estimate of drug-likeness (QED) is 0.477. The lowest BCUT2D eigenvalue weighted by Gasteiger charge is -2.64. The van der Waals surface area contributed by atoms with Crippen LogP contribution >= 0.6 is 0 Å². The molecular formula is C27H37BN2O4. The maximum Gasteiger partial charge on any atom is 0.482 e. The Hall–Kier alpha value is -2.01. The summed E-state index contributed by atoms with van der Waals surface area (Å²) in [4.78, 5) is 12.8. The van der Waals surface area contributed by atoms with Crippen molar-refractivity contribution in [2.75, 3.05) is 13.2 Å². The minimum Gasteiger partial charge on any atom is -0.448 e. The highest BCUT2D eigenvalue weighted by Gasteiger charge is 2.68. The third-order valence-corrected chi connectivity index (χ3v) is 9.03. The Balaban J connectivity index is 1.23. The highest BCUT2D eigenvalue weighted by Crippen LogP contribution is 2.65. The molecule has 5 aliphatic rings. The number of hydrogen-bond donors (Lipinski definition) is 2. The number of amides is 1. The molecule has 1 aromatic rings. The molecule has 6 nitrogen and oxygen atoms in total. The number of carbonyl (C=O) groups is 1. The van der Waals surface area contributed by atoms with E-state index in [1.807, 2.05) is 18.2 Å². The molecule has 7 atom stereocenters. The predicted molar refractivity (Wildman–Crippen MR) is 132 cm³/mol. The Kier molecular flexibility index (Phi) is 6.43. The van der Waals surface area contributed by atoms with Crippen LogP contribution < -0.4 is 10.6 Å². The number of nitrogens with one attached hydrogen (secondary N) is 2. The molecule has 34 heavy (non-hydrogen) atoms. The molecule has 1 amide bonds. The standard InChI is InChI=1S/C27H37BN2O4/c1-5-9-19-12-21(29-16-19)17-32-25(31)30-24(13-18-10-7-6-8-11-18)28-33-23-15-20-14-22(26(20,2)3)27(23,4)34-28/h1,6-8,10-11,19-24,29H,9,12-17H2,2-4H3,(H,30,31)/t19-,20-,21+,22-,23+,24-,27-/m0/s1. The molecule has 2 aliphatic heterocycles. The number of rotatable bonds is 7. The molecule has 182 valence electrons. The van der Waals surface area contributed by atoms with Crippen LogP contribution in [0.2, 0.25) is 0 Å². The average molecular weight is 464 g/mol. The molecular weight excluding hydrogens is 427 g/mol. The van der Waals surface area contributed by atoms with Gasteiger partial charge in [0, 0.05) is 12.5 Å². The Labute approximate surface area is 204 Å². The van der Waals surface area contributed by atoms with Crippen LogP contribution in [0.25, 0.3) is 0 Å². The molecule has 3 saturated carbocycles. The maximum absolute atomic E-state index is 12.8. The molecule has 0 spiro atoms. The van der Waals surface area contributed by atoms with Crippen LogP contribution in [0.5, 0.6) is 0 Å². The molecule has 2 saturated heterocycles. The number of hydrogen-bond acceptors (Lipinski definition) is 5. The van der Waals surface area contributed by atoms with Gasteiger partial charge in [0.05, 0.1) is 17.6 Å². The van der Waals surface area contributed by atoms with Crippen molar-refractivity contribution >= 4 is 13.2 Å². The first-order valence-electron chi connectivity index (χ1n) is 12.8. The molecule has 2 N–H and O–H groups in total. The molecule has 2 bridgehead atoms. The van der Waals surface area contributed by atoms with E-state index in [2.05, 4.69) is 49.5 Å². The molecule has 3 aliphatic carbocycles. The number of alkyl carbamates (subject to hydrolysis) is 1. The fourth-order valence-electron chi connectivity index (χ4n) is 6.88. The van der Waals surface area contributed by atoms with Gasteiger partial charge in [0.2, 0.25) is 0 Å². The van der Waals surface area contributed by atoms with Gasteiger partial charge >= 0.3 is 13.2 Å². The zero-order chi connectivity index (χ0) is 23.9. The van der Waals surface area contributed by atoms with Crippen molar-refractivity contribution in [1.29, 1.82) is 0 Å². The van der Waals surface area contributed by atoms with Crippen molar-refractivity contribution in [3.05, 3.63) is 35.9 Å². The van der Waals surface area contributed by atoms with E-state index in [-0.39, 0.29) is 29.1 Å². The van der Waals surface area contributed by atoms with Crippen molar-refractivity contribution in [1.82, 2.24) is 10.6 Å². The van der Waals surface area contributed by atoms with Crippen LogP contribution in [-0.4, -0.2) is 50.1 Å². The maximum atomic E-state index is 12.8. The van der Waals surface area contributed by atoms with Crippen LogP contribution in [0.15, 0.2) is 30.3 Å². The van der Waals surface area contributed by atoms with Crippen LogP contribution in [0.3, 0.4) is 0 Å². The monoisotopic (exact) mass is 464 g/mol. The highest BCUT2D eigenvalue weighted by molar-refractivity contribution is 6.47. The third-order valence-electron chi connectivity index (χ3n) is 9.03. The van der Waals surface area contributed by atoms with Gasteiger partial charge < -0.3 is 24.7 Å². The second-order valence-electron chi connectivity index (χ2n) is 11.5. The van der Waals surface area contributed by atoms with Crippen LogP contribution in [0.4, 0.5) is 4.79 Å². The average Bonchev–Trinajstić information content (AvgIpc) is 3.41. The Bertz CT molecular complexity index is 934. The van der Waals surface area contributed by atoms with Gasteiger partial charge in [-0.25, -0.2) is 4.79 Å². The first kappa shape index (κ1) is 23.7. The number of ether oxygens (including phenoxy) is 1. The normalized spacial score (nSPS) is 36.2. The zero-order valence-electron chi connectivity index (χ0n) is 20.6. The molecule has 7 heteroatoms. The van der Waals surface area contributed by atoms with Gasteiger partial charge in [0.15, 0.2) is 0 Å². The van der Waals surface area contributed by atoms with Crippen molar-refractivity contribution in [2.24, 2.45) is 23.2 Å². The molecule has 1 aromatic carbocycles. The highest BCUT2D eigenvalue weighted by atomic mass is 16.7. The van der Waals surface area contributed by atoms with Crippen molar-refractivity contribution < 1.29 is 18.8 Å². The summed E-state index contributed by atoms with van der Waals surface area (Å²) in [5, 5.41) is 6.47. The predicted octanol–water partition coefficient (Wildman–Crippen LogP) is 3.59. The fraction of sp³-hybridized carbons (Fsp3) is 0.667. The topological polar surface area (TPSA) is 68.8 Å². The summed E-state index contributed by atoms with van der Waals surface area (Å²) < 4.78 is 18.8. The SMILES string of the molecule is C#CC[C@@H]1CN[C@@H](COC(=O)N[C@@H](Cc2ccccc2)B2O[C@@H]3C[C@@H]4C[C@@H](C4(C)C)[C@]3(C)O2)C1. The lowest BCUT2D eigenvalue weighted by Crippen LogP contribution is -2.65. The van der Waals surface area contributed by atoms with E-state index >= 15 is 0 Å². The molecule has 0 aromatic heterocycles. The van der Waals surface area contributed by atoms with Gasteiger partial charge in [-0.05, 0) is 67.9 Å². The minimum atomic E-state index is -0.498. The van der Waals surface area contributed by atoms with Gasteiger partial charge in [-0.3, -0.25) is 0 Å². The summed E-state index contributed by atoms with van der Waals surface area (Å²) >= 11 is 0. The number of terminal acetylenes is 1. The van der Waals surface area contributed by atoms with E-state index in [0.29, 0.717) is 30.8 Å². The summed E-state index contributed by atoms with van der Waals surface area (Å²) in [6.07, 6.45) is 9.59. The van der Waals surface area contributed by atoms with Gasteiger partial charge in [-0.15, -0.1) is 12.3 Å². The van der Waals surface area contributed by atoms with Crippen LogP contribution in [0.1, 0.15) is 52.0 Å². The van der Waals surface area contributed by atoms with E-state index < -0.39 is 13.2 Å². The summed E-state index contributed by atoms with van der Waals surface area (Å²) in [6.45, 7) is 8.11. The molecule has 5 fully saturated rings. The van der Waals surface area contributed by atoms with Crippen molar-refractivity contribution in [2.45, 2.75) is 76.6 Å². The van der Waals surface area contributed by atoms with E-state index in [4.69, 9.17) is 20.5 Å². The minimum absolute atomic E-state index is 0.0705. The van der Waals surface area contributed by atoms with E-state index in [1.165, 1.54) is 6.42 Å². The first-order valence-corrected chi connectivity index (χ1v) is 12.8.